The van der Waals surface area contributed by atoms with Crippen LogP contribution in [-0.2, 0) is 28.6 Å². The molecule has 0 saturated carbocycles. The van der Waals surface area contributed by atoms with E-state index in [9.17, 15) is 19.5 Å². The van der Waals surface area contributed by atoms with Crippen molar-refractivity contribution in [2.75, 3.05) is 59.2 Å². The minimum absolute atomic E-state index is 0.0144. The molecule has 4 fully saturated rings. The number of aliphatic hydroxyl groups excluding tert-OH is 1. The number of hydrogen-bond acceptors (Lipinski definition) is 8. The predicted molar refractivity (Wildman–Crippen MR) is 121 cm³/mol. The molecule has 0 aromatic rings. The van der Waals surface area contributed by atoms with Crippen molar-refractivity contribution in [2.45, 2.75) is 48.8 Å². The third-order valence-electron chi connectivity index (χ3n) is 7.23. The zero-order chi connectivity index (χ0) is 23.6. The van der Waals surface area contributed by atoms with Crippen LogP contribution in [0.25, 0.3) is 0 Å². The molecule has 11 heteroatoms. The number of morpholine rings is 1. The first kappa shape index (κ1) is 24.8. The van der Waals surface area contributed by atoms with Crippen molar-refractivity contribution in [1.82, 2.24) is 15.1 Å². The summed E-state index contributed by atoms with van der Waals surface area (Å²) in [6.07, 6.45) is 1.07. The molecule has 2 bridgehead atoms. The number of esters is 1. The summed E-state index contributed by atoms with van der Waals surface area (Å²) in [6, 6.07) is -0.817. The van der Waals surface area contributed by atoms with Crippen molar-refractivity contribution in [3.05, 3.63) is 0 Å². The number of aliphatic hydroxyl groups is 1. The molecule has 0 aromatic heterocycles. The number of carbonyl (C=O) groups excluding carboxylic acids is 3. The summed E-state index contributed by atoms with van der Waals surface area (Å²) < 4.78 is 17.0. The van der Waals surface area contributed by atoms with Gasteiger partial charge in [-0.25, -0.2) is 0 Å². The van der Waals surface area contributed by atoms with Crippen molar-refractivity contribution in [3.63, 3.8) is 0 Å². The van der Waals surface area contributed by atoms with Crippen molar-refractivity contribution in [2.24, 2.45) is 11.8 Å². The van der Waals surface area contributed by atoms with Crippen molar-refractivity contribution >= 4 is 33.7 Å². The van der Waals surface area contributed by atoms with Crippen LogP contribution in [0.1, 0.15) is 26.2 Å². The molecule has 0 radical (unpaired) electrons. The van der Waals surface area contributed by atoms with Crippen LogP contribution in [0.4, 0.5) is 0 Å². The first-order valence-corrected chi connectivity index (χ1v) is 12.8. The number of nitrogens with zero attached hydrogens (tertiary/aromatic N) is 2. The number of ether oxygens (including phenoxy) is 3. The number of hydrogen-bond donors (Lipinski definition) is 2. The highest BCUT2D eigenvalue weighted by atomic mass is 79.9. The summed E-state index contributed by atoms with van der Waals surface area (Å²) in [5, 5.41) is 12.2. The lowest BCUT2D eigenvalue weighted by molar-refractivity contribution is -0.154. The lowest BCUT2D eigenvalue weighted by Crippen LogP contribution is -2.56. The number of carbonyl (C=O) groups is 3. The van der Waals surface area contributed by atoms with E-state index >= 15 is 0 Å². The Labute approximate surface area is 202 Å². The Hall–Kier alpha value is -1.27. The number of nitrogens with one attached hydrogen (secondary N) is 1. The molecular formula is C22H34BrN3O7. The predicted octanol–water partition coefficient (Wildman–Crippen LogP) is -0.482. The zero-order valence-electron chi connectivity index (χ0n) is 19.0. The van der Waals surface area contributed by atoms with Crippen LogP contribution in [-0.4, -0.2) is 114 Å². The van der Waals surface area contributed by atoms with E-state index in [4.69, 9.17) is 14.2 Å². The minimum atomic E-state index is -1.06. The highest BCUT2D eigenvalue weighted by Crippen LogP contribution is 2.60. The number of likely N-dealkylation sites (tertiary alicyclic amines) is 1. The number of halogens is 1. The normalized spacial score (nSPS) is 35.7. The fourth-order valence-electron chi connectivity index (χ4n) is 5.83. The smallest absolute Gasteiger partial charge is 0.312 e. The molecule has 4 heterocycles. The van der Waals surface area contributed by atoms with Gasteiger partial charge < -0.3 is 29.5 Å². The Morgan fingerprint density at radius 3 is 2.73 bits per heavy atom. The monoisotopic (exact) mass is 531 g/mol. The Morgan fingerprint density at radius 2 is 2.03 bits per heavy atom. The Bertz CT molecular complexity index is 750. The number of rotatable bonds is 10. The lowest BCUT2D eigenvalue weighted by atomic mass is 9.70. The molecule has 10 nitrogen and oxygen atoms in total. The number of fused-ring (bicyclic) bond motifs is 1. The third kappa shape index (κ3) is 4.54. The second kappa shape index (κ2) is 10.6. The fourth-order valence-corrected chi connectivity index (χ4v) is 6.77. The summed E-state index contributed by atoms with van der Waals surface area (Å²) in [5.41, 5.74) is -1.06. The molecule has 6 atom stereocenters. The first-order valence-electron chi connectivity index (χ1n) is 11.9. The van der Waals surface area contributed by atoms with Gasteiger partial charge in [0.25, 0.3) is 0 Å². The van der Waals surface area contributed by atoms with Crippen molar-refractivity contribution < 1.29 is 33.7 Å². The molecular weight excluding hydrogens is 498 g/mol. The third-order valence-corrected chi connectivity index (χ3v) is 8.08. The second-order valence-electron chi connectivity index (χ2n) is 9.12. The Balaban J connectivity index is 1.54. The molecule has 0 aliphatic carbocycles. The molecule has 0 aromatic carbocycles. The molecule has 1 spiro atoms. The Morgan fingerprint density at radius 1 is 1.27 bits per heavy atom. The fraction of sp³-hybridized carbons (Fsp3) is 0.864. The minimum Gasteiger partial charge on any atom is -0.466 e. The van der Waals surface area contributed by atoms with E-state index in [1.54, 1.807) is 11.8 Å². The van der Waals surface area contributed by atoms with Gasteiger partial charge >= 0.3 is 5.97 Å². The highest BCUT2D eigenvalue weighted by molar-refractivity contribution is 9.09. The van der Waals surface area contributed by atoms with Crippen LogP contribution in [0, 0.1) is 11.8 Å². The SMILES string of the molecule is CCOC(=O)[C@H]1[C@@H]2OC3(CC2Br)C(C(=O)NCCN2CCOCC2)N(CCCCO)C(=O)[C@H]13. The molecule has 4 aliphatic rings. The summed E-state index contributed by atoms with van der Waals surface area (Å²) in [6.45, 7) is 6.48. The van der Waals surface area contributed by atoms with Gasteiger partial charge in [0.05, 0.1) is 37.8 Å². The molecule has 4 saturated heterocycles. The lowest BCUT2D eigenvalue weighted by Gasteiger charge is -2.34. The van der Waals surface area contributed by atoms with E-state index < -0.39 is 35.6 Å². The van der Waals surface area contributed by atoms with E-state index in [0.29, 0.717) is 52.1 Å². The van der Waals surface area contributed by atoms with E-state index in [-0.39, 0.29) is 29.9 Å². The van der Waals surface area contributed by atoms with Gasteiger partial charge in [0.2, 0.25) is 11.8 Å². The first-order chi connectivity index (χ1) is 15.9. The average molecular weight is 532 g/mol. The molecule has 4 rings (SSSR count). The van der Waals surface area contributed by atoms with Gasteiger partial charge in [-0.15, -0.1) is 0 Å². The summed E-state index contributed by atoms with van der Waals surface area (Å²) >= 11 is 3.63. The van der Waals surface area contributed by atoms with Crippen LogP contribution >= 0.6 is 15.9 Å². The summed E-state index contributed by atoms with van der Waals surface area (Å²) in [4.78, 5) is 43.6. The number of alkyl halides is 1. The number of amides is 2. The van der Waals surface area contributed by atoms with Gasteiger partial charge in [-0.3, -0.25) is 19.3 Å². The molecule has 2 N–H and O–H groups in total. The number of unbranched alkanes of at least 4 members (excludes halogenated alkanes) is 1. The standard InChI is InChI=1S/C22H34BrN3O7/c1-2-32-21(30)15-16-20(29)26(6-3-4-10-27)18(22(16)13-14(23)17(15)33-22)19(28)24-5-7-25-8-11-31-12-9-25/h14-18,27H,2-13H2,1H3,(H,24,28)/t14?,15-,16+,17-,18?,22?/m1/s1. The summed E-state index contributed by atoms with van der Waals surface area (Å²) in [5.74, 6) is -2.41. The zero-order valence-corrected chi connectivity index (χ0v) is 20.6. The highest BCUT2D eigenvalue weighted by Gasteiger charge is 2.76. The van der Waals surface area contributed by atoms with Gasteiger partial charge in [0.1, 0.15) is 11.6 Å². The second-order valence-corrected chi connectivity index (χ2v) is 10.3. The van der Waals surface area contributed by atoms with Crippen LogP contribution in [0.2, 0.25) is 0 Å². The van der Waals surface area contributed by atoms with Crippen LogP contribution < -0.4 is 5.32 Å². The maximum Gasteiger partial charge on any atom is 0.312 e. The van der Waals surface area contributed by atoms with Gasteiger partial charge in [-0.1, -0.05) is 15.9 Å². The van der Waals surface area contributed by atoms with Crippen LogP contribution in [0.5, 0.6) is 0 Å². The van der Waals surface area contributed by atoms with Gasteiger partial charge in [0.15, 0.2) is 0 Å². The van der Waals surface area contributed by atoms with Gasteiger partial charge in [-0.05, 0) is 26.2 Å². The van der Waals surface area contributed by atoms with E-state index in [2.05, 4.69) is 26.1 Å². The van der Waals surface area contributed by atoms with Gasteiger partial charge in [0, 0.05) is 44.2 Å². The van der Waals surface area contributed by atoms with Crippen LogP contribution in [0.15, 0.2) is 0 Å². The molecule has 186 valence electrons. The van der Waals surface area contributed by atoms with Gasteiger partial charge in [-0.2, -0.15) is 0 Å². The maximum absolute atomic E-state index is 13.6. The quantitative estimate of drug-likeness (QED) is 0.220. The molecule has 33 heavy (non-hydrogen) atoms. The van der Waals surface area contributed by atoms with E-state index in [1.165, 1.54) is 0 Å². The molecule has 3 unspecified atom stereocenters. The maximum atomic E-state index is 13.6. The van der Waals surface area contributed by atoms with Crippen molar-refractivity contribution in [3.8, 4) is 0 Å². The summed E-state index contributed by atoms with van der Waals surface area (Å²) in [7, 11) is 0. The largest absolute Gasteiger partial charge is 0.466 e. The Kier molecular flexibility index (Phi) is 7.95. The van der Waals surface area contributed by atoms with Crippen LogP contribution in [0.3, 0.4) is 0 Å². The van der Waals surface area contributed by atoms with E-state index in [1.807, 2.05) is 0 Å². The average Bonchev–Trinajstić information content (AvgIpc) is 3.38. The molecule has 4 aliphatic heterocycles. The van der Waals surface area contributed by atoms with E-state index in [0.717, 1.165) is 13.1 Å². The van der Waals surface area contributed by atoms with Crippen molar-refractivity contribution in [1.29, 1.82) is 0 Å². The molecule has 2 amide bonds. The topological polar surface area (TPSA) is 118 Å².